The Morgan fingerprint density at radius 3 is 2.33 bits per heavy atom. The molecule has 108 valence electrons. The van der Waals surface area contributed by atoms with E-state index < -0.39 is 0 Å². The fourth-order valence-corrected chi connectivity index (χ4v) is 1.52. The molecule has 0 aliphatic heterocycles. The van der Waals surface area contributed by atoms with Gasteiger partial charge in [0, 0.05) is 25.2 Å². The molecule has 18 heavy (non-hydrogen) atoms. The maximum atomic E-state index is 4.57. The van der Waals surface area contributed by atoms with Crippen molar-refractivity contribution in [1.29, 1.82) is 0 Å². The molecule has 0 unspecified atom stereocenters. The van der Waals surface area contributed by atoms with E-state index in [2.05, 4.69) is 62.2 Å². The molecule has 0 amide bonds. The number of rotatable bonds is 8. The van der Waals surface area contributed by atoms with Crippen molar-refractivity contribution in [3.8, 4) is 0 Å². The number of hydrogen-bond donors (Lipinski definition) is 2. The summed E-state index contributed by atoms with van der Waals surface area (Å²) in [6, 6.07) is 1.06. The summed E-state index contributed by atoms with van der Waals surface area (Å²) in [6.07, 6.45) is 2.35. The standard InChI is InChI=1S/C14H32N4/c1-7-15-14(17-12(2)3)16-10-8-9-11-18(6)13(4)5/h12-13H,7-11H2,1-6H3,(H2,15,16,17). The van der Waals surface area contributed by atoms with Gasteiger partial charge in [-0.05, 0) is 61.1 Å². The van der Waals surface area contributed by atoms with Crippen LogP contribution in [0.4, 0.5) is 0 Å². The van der Waals surface area contributed by atoms with Crippen molar-refractivity contribution in [1.82, 2.24) is 15.5 Å². The van der Waals surface area contributed by atoms with E-state index in [-0.39, 0.29) is 0 Å². The van der Waals surface area contributed by atoms with Crippen LogP contribution >= 0.6 is 0 Å². The third-order valence-corrected chi connectivity index (χ3v) is 2.84. The molecule has 0 aromatic rings. The molecular formula is C14H32N4. The lowest BCUT2D eigenvalue weighted by Gasteiger charge is -2.20. The Kier molecular flexibility index (Phi) is 9.74. The van der Waals surface area contributed by atoms with Gasteiger partial charge < -0.3 is 15.5 Å². The van der Waals surface area contributed by atoms with E-state index in [1.165, 1.54) is 6.42 Å². The molecule has 0 saturated heterocycles. The second-order valence-electron chi connectivity index (χ2n) is 5.34. The summed E-state index contributed by atoms with van der Waals surface area (Å²) in [5.41, 5.74) is 0. The Labute approximate surface area is 113 Å². The van der Waals surface area contributed by atoms with E-state index in [0.717, 1.165) is 32.0 Å². The van der Waals surface area contributed by atoms with Crippen molar-refractivity contribution in [3.63, 3.8) is 0 Å². The molecule has 0 fully saturated rings. The van der Waals surface area contributed by atoms with Crippen LogP contribution in [0.1, 0.15) is 47.5 Å². The predicted molar refractivity (Wildman–Crippen MR) is 81.3 cm³/mol. The lowest BCUT2D eigenvalue weighted by atomic mass is 10.2. The highest BCUT2D eigenvalue weighted by molar-refractivity contribution is 5.79. The van der Waals surface area contributed by atoms with Crippen molar-refractivity contribution < 1.29 is 0 Å². The van der Waals surface area contributed by atoms with Gasteiger partial charge in [-0.15, -0.1) is 0 Å². The predicted octanol–water partition coefficient (Wildman–Crippen LogP) is 2.07. The van der Waals surface area contributed by atoms with Gasteiger partial charge in [0.05, 0.1) is 0 Å². The van der Waals surface area contributed by atoms with E-state index in [4.69, 9.17) is 0 Å². The van der Waals surface area contributed by atoms with Gasteiger partial charge in [-0.3, -0.25) is 4.99 Å². The van der Waals surface area contributed by atoms with Crippen LogP contribution in [0.2, 0.25) is 0 Å². The van der Waals surface area contributed by atoms with E-state index in [0.29, 0.717) is 12.1 Å². The molecule has 0 aromatic carbocycles. The number of nitrogens with one attached hydrogen (secondary N) is 2. The zero-order valence-corrected chi connectivity index (χ0v) is 13.1. The summed E-state index contributed by atoms with van der Waals surface area (Å²) in [5.74, 6) is 0.935. The van der Waals surface area contributed by atoms with Crippen molar-refractivity contribution in [3.05, 3.63) is 0 Å². The zero-order valence-electron chi connectivity index (χ0n) is 13.1. The second kappa shape index (κ2) is 10.2. The van der Waals surface area contributed by atoms with Gasteiger partial charge in [0.1, 0.15) is 0 Å². The van der Waals surface area contributed by atoms with Crippen molar-refractivity contribution >= 4 is 5.96 Å². The topological polar surface area (TPSA) is 39.7 Å². The smallest absolute Gasteiger partial charge is 0.191 e. The Balaban J connectivity index is 3.82. The first-order valence-corrected chi connectivity index (χ1v) is 7.22. The Morgan fingerprint density at radius 1 is 1.17 bits per heavy atom. The molecule has 0 spiro atoms. The normalized spacial score (nSPS) is 12.6. The minimum atomic E-state index is 0.426. The average Bonchev–Trinajstić information content (AvgIpc) is 2.27. The maximum Gasteiger partial charge on any atom is 0.191 e. The Morgan fingerprint density at radius 2 is 1.83 bits per heavy atom. The van der Waals surface area contributed by atoms with Crippen LogP contribution in [0.25, 0.3) is 0 Å². The fraction of sp³-hybridized carbons (Fsp3) is 0.929. The molecule has 0 rings (SSSR count). The Hall–Kier alpha value is -0.770. The third kappa shape index (κ3) is 9.28. The van der Waals surface area contributed by atoms with Gasteiger partial charge in [0.15, 0.2) is 5.96 Å². The van der Waals surface area contributed by atoms with Crippen molar-refractivity contribution in [2.45, 2.75) is 59.5 Å². The minimum absolute atomic E-state index is 0.426. The maximum absolute atomic E-state index is 4.57. The lowest BCUT2D eigenvalue weighted by molar-refractivity contribution is 0.269. The zero-order chi connectivity index (χ0) is 14.0. The van der Waals surface area contributed by atoms with Crippen LogP contribution in [-0.4, -0.2) is 49.6 Å². The summed E-state index contributed by atoms with van der Waals surface area (Å²) < 4.78 is 0. The van der Waals surface area contributed by atoms with Crippen LogP contribution in [0, 0.1) is 0 Å². The molecule has 4 nitrogen and oxygen atoms in total. The van der Waals surface area contributed by atoms with E-state index in [1.54, 1.807) is 0 Å². The summed E-state index contributed by atoms with van der Waals surface area (Å²) in [7, 11) is 2.18. The number of hydrogen-bond acceptors (Lipinski definition) is 2. The number of nitrogens with zero attached hydrogens (tertiary/aromatic N) is 2. The van der Waals surface area contributed by atoms with Crippen LogP contribution < -0.4 is 10.6 Å². The summed E-state index contributed by atoms with van der Waals surface area (Å²) >= 11 is 0. The van der Waals surface area contributed by atoms with Gasteiger partial charge in [-0.1, -0.05) is 0 Å². The number of unbranched alkanes of at least 4 members (excludes halogenated alkanes) is 1. The first kappa shape index (κ1) is 17.2. The SMILES string of the molecule is CCNC(=NCCCCN(C)C(C)C)NC(C)C. The number of aliphatic imine (C=N–C) groups is 1. The van der Waals surface area contributed by atoms with Gasteiger partial charge >= 0.3 is 0 Å². The molecule has 4 heteroatoms. The minimum Gasteiger partial charge on any atom is -0.357 e. The quantitative estimate of drug-likeness (QED) is 0.397. The summed E-state index contributed by atoms with van der Waals surface area (Å²) in [4.78, 5) is 6.95. The largest absolute Gasteiger partial charge is 0.357 e. The molecule has 0 heterocycles. The average molecular weight is 256 g/mol. The molecule has 0 saturated carbocycles. The first-order chi connectivity index (χ1) is 8.47. The molecule has 0 atom stereocenters. The van der Waals surface area contributed by atoms with Crippen molar-refractivity contribution in [2.24, 2.45) is 4.99 Å². The summed E-state index contributed by atoms with van der Waals surface area (Å²) in [6.45, 7) is 13.8. The molecular weight excluding hydrogens is 224 g/mol. The van der Waals surface area contributed by atoms with Crippen LogP contribution in [0.5, 0.6) is 0 Å². The third-order valence-electron chi connectivity index (χ3n) is 2.84. The first-order valence-electron chi connectivity index (χ1n) is 7.22. The van der Waals surface area contributed by atoms with Gasteiger partial charge in [-0.2, -0.15) is 0 Å². The molecule has 0 aliphatic carbocycles. The van der Waals surface area contributed by atoms with Gasteiger partial charge in [-0.25, -0.2) is 0 Å². The second-order valence-corrected chi connectivity index (χ2v) is 5.34. The highest BCUT2D eigenvalue weighted by Crippen LogP contribution is 1.98. The van der Waals surface area contributed by atoms with E-state index >= 15 is 0 Å². The monoisotopic (exact) mass is 256 g/mol. The van der Waals surface area contributed by atoms with Crippen LogP contribution in [0.15, 0.2) is 4.99 Å². The highest BCUT2D eigenvalue weighted by Gasteiger charge is 2.02. The summed E-state index contributed by atoms with van der Waals surface area (Å²) in [5, 5.41) is 6.59. The fourth-order valence-electron chi connectivity index (χ4n) is 1.52. The van der Waals surface area contributed by atoms with Gasteiger partial charge in [0.2, 0.25) is 0 Å². The lowest BCUT2D eigenvalue weighted by Crippen LogP contribution is -2.41. The van der Waals surface area contributed by atoms with Crippen molar-refractivity contribution in [2.75, 3.05) is 26.7 Å². The van der Waals surface area contributed by atoms with Crippen LogP contribution in [-0.2, 0) is 0 Å². The van der Waals surface area contributed by atoms with Crippen LogP contribution in [0.3, 0.4) is 0 Å². The van der Waals surface area contributed by atoms with Gasteiger partial charge in [0.25, 0.3) is 0 Å². The van der Waals surface area contributed by atoms with E-state index in [9.17, 15) is 0 Å². The van der Waals surface area contributed by atoms with E-state index in [1.807, 2.05) is 0 Å². The Bertz CT molecular complexity index is 224. The molecule has 2 N–H and O–H groups in total. The number of guanidine groups is 1. The molecule has 0 aromatic heterocycles. The molecule has 0 radical (unpaired) electrons. The highest BCUT2D eigenvalue weighted by atomic mass is 15.2. The molecule has 0 bridgehead atoms. The molecule has 0 aliphatic rings.